The molecule has 0 spiro atoms. The van der Waals surface area contributed by atoms with E-state index in [0.717, 1.165) is 5.56 Å². The van der Waals surface area contributed by atoms with Crippen LogP contribution in [-0.4, -0.2) is 22.2 Å². The summed E-state index contributed by atoms with van der Waals surface area (Å²) >= 11 is 7.15. The Morgan fingerprint density at radius 1 is 1.12 bits per heavy atom. The Morgan fingerprint density at radius 2 is 1.85 bits per heavy atom. The second kappa shape index (κ2) is 8.60. The molecule has 0 aliphatic heterocycles. The number of hydrogen-bond donors (Lipinski definition) is 1. The minimum Gasteiger partial charge on any atom is -0.481 e. The number of para-hydroxylation sites is 1. The van der Waals surface area contributed by atoms with Crippen LogP contribution in [0.1, 0.15) is 17.5 Å². The number of ether oxygens (including phenoxy) is 1. The molecule has 0 fully saturated rings. The number of amides is 1. The van der Waals surface area contributed by atoms with Crippen molar-refractivity contribution in [2.24, 2.45) is 0 Å². The summed E-state index contributed by atoms with van der Waals surface area (Å²) in [5, 5.41) is 12.5. The lowest BCUT2D eigenvalue weighted by molar-refractivity contribution is -0.122. The van der Waals surface area contributed by atoms with Crippen LogP contribution in [0.5, 0.6) is 5.75 Å². The summed E-state index contributed by atoms with van der Waals surface area (Å²) in [5.74, 6) is 0.359. The van der Waals surface area contributed by atoms with E-state index >= 15 is 0 Å². The summed E-state index contributed by atoms with van der Waals surface area (Å²) in [5.41, 5.74) is 1.00. The third-order valence-corrected chi connectivity index (χ3v) is 4.44. The number of halogens is 1. The molecule has 132 valence electrons. The third kappa shape index (κ3) is 5.15. The number of nitrogens with one attached hydrogen (secondary N) is 1. The topological polar surface area (TPSA) is 64.1 Å². The van der Waals surface area contributed by atoms with Crippen LogP contribution in [0.15, 0.2) is 54.6 Å². The van der Waals surface area contributed by atoms with E-state index in [2.05, 4.69) is 15.5 Å². The predicted molar refractivity (Wildman–Crippen MR) is 105 cm³/mol. The zero-order valence-electron chi connectivity index (χ0n) is 13.9. The minimum absolute atomic E-state index is 0.279. The maximum absolute atomic E-state index is 12.2. The Morgan fingerprint density at radius 3 is 2.58 bits per heavy atom. The van der Waals surface area contributed by atoms with Crippen molar-refractivity contribution in [1.29, 1.82) is 0 Å². The van der Waals surface area contributed by atoms with Crippen molar-refractivity contribution in [2.75, 3.05) is 5.32 Å². The SMILES string of the molecule is CC(Oc1ccccc1)C(=O)Nc1nnc(/C=C/c2ccc(Cl)cc2)s1. The van der Waals surface area contributed by atoms with Gasteiger partial charge in [-0.2, -0.15) is 0 Å². The van der Waals surface area contributed by atoms with Crippen molar-refractivity contribution in [3.8, 4) is 5.75 Å². The summed E-state index contributed by atoms with van der Waals surface area (Å²) in [7, 11) is 0. The van der Waals surface area contributed by atoms with Crippen molar-refractivity contribution in [2.45, 2.75) is 13.0 Å². The Hall–Kier alpha value is -2.70. The molecule has 0 bridgehead atoms. The van der Waals surface area contributed by atoms with E-state index in [4.69, 9.17) is 16.3 Å². The number of rotatable bonds is 6. The molecule has 0 aliphatic carbocycles. The Bertz CT molecular complexity index is 895. The van der Waals surface area contributed by atoms with Gasteiger partial charge in [0.05, 0.1) is 0 Å². The van der Waals surface area contributed by atoms with Crippen LogP contribution in [-0.2, 0) is 4.79 Å². The van der Waals surface area contributed by atoms with Gasteiger partial charge in [0.25, 0.3) is 5.91 Å². The largest absolute Gasteiger partial charge is 0.481 e. The van der Waals surface area contributed by atoms with Gasteiger partial charge in [-0.3, -0.25) is 10.1 Å². The molecule has 1 unspecified atom stereocenters. The second-order valence-corrected chi connectivity index (χ2v) is 6.84. The molecule has 1 aromatic heterocycles. The normalized spacial score (nSPS) is 12.1. The predicted octanol–water partition coefficient (Wildman–Crippen LogP) is 4.77. The van der Waals surface area contributed by atoms with Gasteiger partial charge in [0.2, 0.25) is 5.13 Å². The van der Waals surface area contributed by atoms with Gasteiger partial charge in [0, 0.05) is 5.02 Å². The first-order chi connectivity index (χ1) is 12.6. The highest BCUT2D eigenvalue weighted by Gasteiger charge is 2.16. The van der Waals surface area contributed by atoms with E-state index in [1.807, 2.05) is 54.6 Å². The number of carbonyl (C=O) groups is 1. The van der Waals surface area contributed by atoms with Crippen molar-refractivity contribution in [1.82, 2.24) is 10.2 Å². The maximum Gasteiger partial charge on any atom is 0.266 e. The highest BCUT2D eigenvalue weighted by molar-refractivity contribution is 7.16. The lowest BCUT2D eigenvalue weighted by Crippen LogP contribution is -2.30. The number of benzene rings is 2. The molecule has 26 heavy (non-hydrogen) atoms. The summed E-state index contributed by atoms with van der Waals surface area (Å²) in [6.07, 6.45) is 3.10. The third-order valence-electron chi connectivity index (χ3n) is 3.38. The number of hydrogen-bond acceptors (Lipinski definition) is 5. The summed E-state index contributed by atoms with van der Waals surface area (Å²) in [6, 6.07) is 16.6. The average Bonchev–Trinajstić information content (AvgIpc) is 3.09. The van der Waals surface area contributed by atoms with Crippen molar-refractivity contribution >= 4 is 46.1 Å². The molecule has 1 N–H and O–H groups in total. The summed E-state index contributed by atoms with van der Waals surface area (Å²) in [4.78, 5) is 12.2. The van der Waals surface area contributed by atoms with E-state index in [1.165, 1.54) is 11.3 Å². The van der Waals surface area contributed by atoms with Crippen LogP contribution in [0.3, 0.4) is 0 Å². The first-order valence-corrected chi connectivity index (χ1v) is 9.09. The first kappa shape index (κ1) is 18.1. The molecule has 3 aromatic rings. The van der Waals surface area contributed by atoms with Crippen LogP contribution in [0.4, 0.5) is 5.13 Å². The number of carbonyl (C=O) groups excluding carboxylic acids is 1. The number of aromatic nitrogens is 2. The van der Waals surface area contributed by atoms with Crippen LogP contribution in [0.2, 0.25) is 5.02 Å². The van der Waals surface area contributed by atoms with Crippen molar-refractivity contribution in [3.63, 3.8) is 0 Å². The summed E-state index contributed by atoms with van der Waals surface area (Å²) in [6.45, 7) is 1.69. The first-order valence-electron chi connectivity index (χ1n) is 7.90. The van der Waals surface area contributed by atoms with E-state index in [0.29, 0.717) is 20.9 Å². The van der Waals surface area contributed by atoms with E-state index < -0.39 is 6.10 Å². The lowest BCUT2D eigenvalue weighted by Gasteiger charge is -2.13. The van der Waals surface area contributed by atoms with E-state index in [-0.39, 0.29) is 5.91 Å². The monoisotopic (exact) mass is 385 g/mol. The van der Waals surface area contributed by atoms with E-state index in [1.54, 1.807) is 19.1 Å². The zero-order chi connectivity index (χ0) is 18.4. The van der Waals surface area contributed by atoms with Crippen LogP contribution in [0.25, 0.3) is 12.2 Å². The standard InChI is InChI=1S/C19H16ClN3O2S/c1-13(25-16-5-3-2-4-6-16)18(24)21-19-23-22-17(26-19)12-9-14-7-10-15(20)11-8-14/h2-13H,1H3,(H,21,23,24)/b12-9+. The van der Waals surface area contributed by atoms with Crippen molar-refractivity contribution in [3.05, 3.63) is 70.2 Å². The van der Waals surface area contributed by atoms with Gasteiger partial charge in [-0.1, -0.05) is 59.3 Å². The molecular formula is C19H16ClN3O2S. The maximum atomic E-state index is 12.2. The van der Waals surface area contributed by atoms with Gasteiger partial charge in [-0.15, -0.1) is 10.2 Å². The Balaban J connectivity index is 1.57. The molecule has 3 rings (SSSR count). The quantitative estimate of drug-likeness (QED) is 0.663. The highest BCUT2D eigenvalue weighted by Crippen LogP contribution is 2.19. The van der Waals surface area contributed by atoms with Gasteiger partial charge in [0.1, 0.15) is 10.8 Å². The molecule has 0 saturated heterocycles. The smallest absolute Gasteiger partial charge is 0.266 e. The Kier molecular flexibility index (Phi) is 5.99. The molecule has 0 radical (unpaired) electrons. The van der Waals surface area contributed by atoms with E-state index in [9.17, 15) is 4.79 Å². The van der Waals surface area contributed by atoms with Crippen LogP contribution >= 0.6 is 22.9 Å². The zero-order valence-corrected chi connectivity index (χ0v) is 15.5. The fraction of sp³-hybridized carbons (Fsp3) is 0.105. The van der Waals surface area contributed by atoms with Crippen molar-refractivity contribution < 1.29 is 9.53 Å². The minimum atomic E-state index is -0.644. The molecule has 7 heteroatoms. The molecule has 1 atom stereocenters. The van der Waals surface area contributed by atoms with Gasteiger partial charge in [-0.25, -0.2) is 0 Å². The lowest BCUT2D eigenvalue weighted by atomic mass is 10.2. The van der Waals surface area contributed by atoms with Gasteiger partial charge < -0.3 is 4.74 Å². The molecule has 0 aliphatic rings. The van der Waals surface area contributed by atoms with Gasteiger partial charge >= 0.3 is 0 Å². The van der Waals surface area contributed by atoms with Crippen LogP contribution < -0.4 is 10.1 Å². The second-order valence-electron chi connectivity index (χ2n) is 5.39. The molecule has 5 nitrogen and oxygen atoms in total. The Labute approximate surface area is 160 Å². The highest BCUT2D eigenvalue weighted by atomic mass is 35.5. The summed E-state index contributed by atoms with van der Waals surface area (Å²) < 4.78 is 5.59. The molecule has 1 amide bonds. The number of anilines is 1. The van der Waals surface area contributed by atoms with Gasteiger partial charge in [0.15, 0.2) is 6.10 Å². The fourth-order valence-corrected chi connectivity index (χ4v) is 2.83. The van der Waals surface area contributed by atoms with Crippen LogP contribution in [0, 0.1) is 0 Å². The molecular weight excluding hydrogens is 370 g/mol. The fourth-order valence-electron chi connectivity index (χ4n) is 2.06. The average molecular weight is 386 g/mol. The molecule has 1 heterocycles. The molecule has 2 aromatic carbocycles. The molecule has 0 saturated carbocycles. The number of nitrogens with zero attached hydrogens (tertiary/aromatic N) is 2. The van der Waals surface area contributed by atoms with Gasteiger partial charge in [-0.05, 0) is 42.8 Å².